The highest BCUT2D eigenvalue weighted by atomic mass is 35.5. The average Bonchev–Trinajstić information content (AvgIpc) is 2.92. The number of benzene rings is 1. The highest BCUT2D eigenvalue weighted by Crippen LogP contribution is 2.63. The average molecular weight is 269 g/mol. The molecule has 0 bridgehead atoms. The Morgan fingerprint density at radius 2 is 2.00 bits per heavy atom. The van der Waals surface area contributed by atoms with Gasteiger partial charge in [-0.15, -0.1) is 0 Å². The van der Waals surface area contributed by atoms with Crippen molar-refractivity contribution in [2.75, 3.05) is 0 Å². The van der Waals surface area contributed by atoms with E-state index < -0.39 is 0 Å². The molecule has 1 saturated carbocycles. The summed E-state index contributed by atoms with van der Waals surface area (Å²) >= 11 is 11.0. The second-order valence-electron chi connectivity index (χ2n) is 5.87. The zero-order valence-corrected chi connectivity index (χ0v) is 12.6. The van der Waals surface area contributed by atoms with Gasteiger partial charge in [0.2, 0.25) is 0 Å². The Bertz CT molecular complexity index is 425. The van der Waals surface area contributed by atoms with E-state index in [1.54, 1.807) is 0 Å². The number of halogens is 1. The fourth-order valence-electron chi connectivity index (χ4n) is 2.50. The molecule has 0 N–H and O–H groups in total. The van der Waals surface area contributed by atoms with Gasteiger partial charge in [0.1, 0.15) is 0 Å². The summed E-state index contributed by atoms with van der Waals surface area (Å²) in [5.41, 5.74) is 3.02. The van der Waals surface area contributed by atoms with Gasteiger partial charge in [-0.1, -0.05) is 51.4 Å². The first-order valence-corrected chi connectivity index (χ1v) is 7.23. The van der Waals surface area contributed by atoms with Crippen LogP contribution in [0, 0.1) is 5.41 Å². The van der Waals surface area contributed by atoms with Crippen LogP contribution in [-0.2, 0) is 0 Å². The molecule has 1 fully saturated rings. The molecule has 1 aromatic carbocycles. The number of rotatable bonds is 3. The molecule has 2 rings (SSSR count). The van der Waals surface area contributed by atoms with Crippen LogP contribution in [0.2, 0.25) is 5.02 Å². The quantitative estimate of drug-likeness (QED) is 0.709. The van der Waals surface area contributed by atoms with Crippen molar-refractivity contribution in [1.29, 1.82) is 0 Å². The molecule has 2 heteroatoms. The zero-order valence-electron chi connectivity index (χ0n) is 11.0. The lowest BCUT2D eigenvalue weighted by molar-refractivity contribution is 0.546. The van der Waals surface area contributed by atoms with Crippen molar-refractivity contribution in [2.24, 2.45) is 5.41 Å². The van der Waals surface area contributed by atoms with E-state index in [1.807, 2.05) is 6.07 Å². The Morgan fingerprint density at radius 3 is 2.47 bits per heavy atom. The normalized spacial score (nSPS) is 29.5. The van der Waals surface area contributed by atoms with Gasteiger partial charge in [-0.3, -0.25) is 0 Å². The predicted octanol–water partition coefficient (Wildman–Crippen LogP) is 5.28. The van der Waals surface area contributed by atoms with E-state index in [0.29, 0.717) is 22.5 Å². The van der Waals surface area contributed by atoms with Crippen LogP contribution in [0.4, 0.5) is 0 Å². The van der Waals surface area contributed by atoms with Crippen molar-refractivity contribution in [3.8, 4) is 0 Å². The van der Waals surface area contributed by atoms with E-state index >= 15 is 0 Å². The molecular weight excluding hydrogens is 248 g/mol. The lowest BCUT2D eigenvalue weighted by atomic mass is 9.94. The Hall–Kier alpha value is -0.140. The Morgan fingerprint density at radius 1 is 1.35 bits per heavy atom. The summed E-state index contributed by atoms with van der Waals surface area (Å²) in [6.07, 6.45) is 1.21. The van der Waals surface area contributed by atoms with E-state index in [0.717, 1.165) is 5.02 Å². The second kappa shape index (κ2) is 4.51. The Kier molecular flexibility index (Phi) is 3.53. The summed E-state index contributed by atoms with van der Waals surface area (Å²) < 4.78 is 0. The third kappa shape index (κ3) is 2.37. The minimum atomic E-state index is 0.322. The molecule has 0 aliphatic heterocycles. The van der Waals surface area contributed by atoms with E-state index in [-0.39, 0.29) is 0 Å². The first kappa shape index (κ1) is 13.3. The molecule has 1 aliphatic rings. The van der Waals surface area contributed by atoms with Crippen LogP contribution < -0.4 is 0 Å². The summed E-state index contributed by atoms with van der Waals surface area (Å²) in [6, 6.07) is 6.48. The smallest absolute Gasteiger partial charge is 0.0441 e. The van der Waals surface area contributed by atoms with Crippen LogP contribution in [0.25, 0.3) is 0 Å². The zero-order chi connectivity index (χ0) is 12.8. The summed E-state index contributed by atoms with van der Waals surface area (Å²) in [4.78, 5) is 0. The lowest BCUT2D eigenvalue weighted by Crippen LogP contribution is -2.10. The van der Waals surface area contributed by atoms with Crippen molar-refractivity contribution >= 4 is 24.2 Å². The van der Waals surface area contributed by atoms with Crippen molar-refractivity contribution in [2.45, 2.75) is 51.2 Å². The van der Waals surface area contributed by atoms with Gasteiger partial charge in [0.15, 0.2) is 0 Å². The Balaban J connectivity index is 2.31. The van der Waals surface area contributed by atoms with Gasteiger partial charge in [0, 0.05) is 10.3 Å². The molecule has 0 spiro atoms. The molecule has 0 amide bonds. The highest BCUT2D eigenvalue weighted by Gasteiger charge is 2.53. The molecule has 0 nitrogen and oxygen atoms in total. The van der Waals surface area contributed by atoms with Crippen LogP contribution in [0.3, 0.4) is 0 Å². The van der Waals surface area contributed by atoms with E-state index in [4.69, 9.17) is 11.6 Å². The standard InChI is InChI=1S/C15H21ClS/c1-9(2)11-5-6-14(16)12(7-11)13-8-15(13,4)10(3)17/h5-7,9-10,13,17H,8H2,1-4H3. The maximum absolute atomic E-state index is 6.34. The summed E-state index contributed by atoms with van der Waals surface area (Å²) in [5.74, 6) is 1.14. The van der Waals surface area contributed by atoms with Gasteiger partial charge in [-0.25, -0.2) is 0 Å². The van der Waals surface area contributed by atoms with E-state index in [9.17, 15) is 0 Å². The van der Waals surface area contributed by atoms with Gasteiger partial charge in [0.25, 0.3) is 0 Å². The monoisotopic (exact) mass is 268 g/mol. The van der Waals surface area contributed by atoms with Gasteiger partial charge in [-0.05, 0) is 40.9 Å². The van der Waals surface area contributed by atoms with Crippen molar-refractivity contribution < 1.29 is 0 Å². The minimum Gasteiger partial charge on any atom is -0.176 e. The van der Waals surface area contributed by atoms with Crippen molar-refractivity contribution in [1.82, 2.24) is 0 Å². The van der Waals surface area contributed by atoms with E-state index in [2.05, 4.69) is 52.5 Å². The molecule has 94 valence electrons. The van der Waals surface area contributed by atoms with Crippen molar-refractivity contribution in [3.63, 3.8) is 0 Å². The topological polar surface area (TPSA) is 0 Å². The molecule has 1 aromatic rings. The summed E-state index contributed by atoms with van der Waals surface area (Å²) in [6.45, 7) is 8.94. The molecule has 0 heterocycles. The first-order chi connectivity index (χ1) is 7.86. The molecule has 0 saturated heterocycles. The van der Waals surface area contributed by atoms with Crippen LogP contribution >= 0.6 is 24.2 Å². The molecule has 0 aromatic heterocycles. The number of hydrogen-bond donors (Lipinski definition) is 1. The lowest BCUT2D eigenvalue weighted by Gasteiger charge is -2.17. The second-order valence-corrected chi connectivity index (χ2v) is 7.06. The Labute approximate surface area is 115 Å². The molecule has 3 unspecified atom stereocenters. The van der Waals surface area contributed by atoms with Crippen molar-refractivity contribution in [3.05, 3.63) is 34.3 Å². The largest absolute Gasteiger partial charge is 0.176 e. The number of hydrogen-bond acceptors (Lipinski definition) is 1. The van der Waals surface area contributed by atoms with Crippen LogP contribution in [-0.4, -0.2) is 5.25 Å². The third-order valence-electron chi connectivity index (χ3n) is 4.30. The van der Waals surface area contributed by atoms with Gasteiger partial charge < -0.3 is 0 Å². The molecule has 17 heavy (non-hydrogen) atoms. The minimum absolute atomic E-state index is 0.322. The molecular formula is C15H21ClS. The maximum Gasteiger partial charge on any atom is 0.0441 e. The van der Waals surface area contributed by atoms with Crippen LogP contribution in [0.5, 0.6) is 0 Å². The molecule has 3 atom stereocenters. The summed E-state index contributed by atoms with van der Waals surface area (Å²) in [7, 11) is 0. The van der Waals surface area contributed by atoms with Gasteiger partial charge in [-0.2, -0.15) is 12.6 Å². The van der Waals surface area contributed by atoms with Gasteiger partial charge in [0.05, 0.1) is 0 Å². The molecule has 1 aliphatic carbocycles. The maximum atomic E-state index is 6.34. The highest BCUT2D eigenvalue weighted by molar-refractivity contribution is 7.81. The summed E-state index contributed by atoms with van der Waals surface area (Å²) in [5, 5.41) is 1.34. The SMILES string of the molecule is CC(C)c1ccc(Cl)c(C2CC2(C)C(C)S)c1. The first-order valence-electron chi connectivity index (χ1n) is 6.33. The van der Waals surface area contributed by atoms with E-state index in [1.165, 1.54) is 17.5 Å². The fraction of sp³-hybridized carbons (Fsp3) is 0.600. The fourth-order valence-corrected chi connectivity index (χ4v) is 3.03. The van der Waals surface area contributed by atoms with Crippen LogP contribution in [0.15, 0.2) is 18.2 Å². The third-order valence-corrected chi connectivity index (χ3v) is 5.23. The predicted molar refractivity (Wildman–Crippen MR) is 79.5 cm³/mol. The molecule has 0 radical (unpaired) electrons. The van der Waals surface area contributed by atoms with Crippen LogP contribution in [0.1, 0.15) is 57.1 Å². The number of thiol groups is 1. The van der Waals surface area contributed by atoms with Gasteiger partial charge >= 0.3 is 0 Å².